The summed E-state index contributed by atoms with van der Waals surface area (Å²) in [7, 11) is 3.86. The molecule has 0 aliphatic rings. The lowest BCUT2D eigenvalue weighted by Gasteiger charge is -2.32. The van der Waals surface area contributed by atoms with Crippen LogP contribution in [0, 0.1) is 15.9 Å². The first kappa shape index (κ1) is 14.4. The van der Waals surface area contributed by atoms with Gasteiger partial charge in [-0.1, -0.05) is 0 Å². The molecule has 0 atom stereocenters. The van der Waals surface area contributed by atoms with Gasteiger partial charge in [0.05, 0.1) is 11.0 Å². The van der Waals surface area contributed by atoms with Crippen molar-refractivity contribution in [2.75, 3.05) is 26.0 Å². The molecule has 18 heavy (non-hydrogen) atoms. The quantitative estimate of drug-likeness (QED) is 0.648. The number of halogens is 1. The molecule has 0 saturated heterocycles. The molecule has 0 radical (unpaired) electrons. The minimum atomic E-state index is -0.612. The van der Waals surface area contributed by atoms with Crippen molar-refractivity contribution in [2.24, 2.45) is 0 Å². The summed E-state index contributed by atoms with van der Waals surface area (Å²) in [4.78, 5) is 12.2. The highest BCUT2D eigenvalue weighted by Gasteiger charge is 2.22. The lowest BCUT2D eigenvalue weighted by molar-refractivity contribution is -0.384. The molecular formula is C12H18FN3O2. The molecule has 0 bridgehead atoms. The number of benzene rings is 1. The zero-order chi connectivity index (χ0) is 13.9. The highest BCUT2D eigenvalue weighted by atomic mass is 19.1. The Morgan fingerprint density at radius 2 is 2.06 bits per heavy atom. The first-order valence-electron chi connectivity index (χ1n) is 5.59. The van der Waals surface area contributed by atoms with Crippen molar-refractivity contribution in [3.05, 3.63) is 34.1 Å². The topological polar surface area (TPSA) is 58.4 Å². The van der Waals surface area contributed by atoms with Crippen LogP contribution >= 0.6 is 0 Å². The van der Waals surface area contributed by atoms with E-state index in [4.69, 9.17) is 0 Å². The summed E-state index contributed by atoms with van der Waals surface area (Å²) in [6.07, 6.45) is 0. The second kappa shape index (κ2) is 5.30. The van der Waals surface area contributed by atoms with Crippen LogP contribution in [0.1, 0.15) is 13.8 Å². The van der Waals surface area contributed by atoms with Gasteiger partial charge in [0.15, 0.2) is 0 Å². The Kier molecular flexibility index (Phi) is 4.24. The van der Waals surface area contributed by atoms with Crippen molar-refractivity contribution in [1.29, 1.82) is 0 Å². The van der Waals surface area contributed by atoms with Crippen LogP contribution in [0.15, 0.2) is 18.2 Å². The molecule has 0 aromatic heterocycles. The van der Waals surface area contributed by atoms with Gasteiger partial charge < -0.3 is 10.2 Å². The second-order valence-corrected chi connectivity index (χ2v) is 4.98. The first-order chi connectivity index (χ1) is 8.24. The lowest BCUT2D eigenvalue weighted by atomic mass is 10.0. The summed E-state index contributed by atoms with van der Waals surface area (Å²) in [6, 6.07) is 3.52. The van der Waals surface area contributed by atoms with Crippen LogP contribution in [0.3, 0.4) is 0 Å². The van der Waals surface area contributed by atoms with Gasteiger partial charge in [0.25, 0.3) is 5.69 Å². The first-order valence-corrected chi connectivity index (χ1v) is 5.59. The minimum absolute atomic E-state index is 0.164. The van der Waals surface area contributed by atoms with E-state index in [0.717, 1.165) is 6.07 Å². The number of hydrogen-bond acceptors (Lipinski definition) is 4. The molecule has 0 fully saturated rings. The van der Waals surface area contributed by atoms with Gasteiger partial charge in [-0.15, -0.1) is 0 Å². The summed E-state index contributed by atoms with van der Waals surface area (Å²) in [5, 5.41) is 13.8. The molecule has 1 N–H and O–H groups in total. The number of likely N-dealkylation sites (N-methyl/N-ethyl adjacent to an activating group) is 1. The lowest BCUT2D eigenvalue weighted by Crippen LogP contribution is -2.44. The summed E-state index contributed by atoms with van der Waals surface area (Å²) < 4.78 is 13.0. The zero-order valence-electron chi connectivity index (χ0n) is 11.0. The van der Waals surface area contributed by atoms with Gasteiger partial charge in [-0.2, -0.15) is 0 Å². The average Bonchev–Trinajstić information content (AvgIpc) is 2.27. The van der Waals surface area contributed by atoms with Crippen LogP contribution in [0.2, 0.25) is 0 Å². The second-order valence-electron chi connectivity index (χ2n) is 4.98. The van der Waals surface area contributed by atoms with Gasteiger partial charge in [0.1, 0.15) is 11.5 Å². The molecule has 1 rings (SSSR count). The van der Waals surface area contributed by atoms with E-state index in [9.17, 15) is 14.5 Å². The van der Waals surface area contributed by atoms with E-state index >= 15 is 0 Å². The number of anilines is 1. The Labute approximate surface area is 106 Å². The average molecular weight is 255 g/mol. The summed E-state index contributed by atoms with van der Waals surface area (Å²) in [5.74, 6) is -0.612. The van der Waals surface area contributed by atoms with E-state index in [1.807, 2.05) is 32.8 Å². The van der Waals surface area contributed by atoms with Gasteiger partial charge in [0, 0.05) is 12.1 Å². The molecular weight excluding hydrogens is 237 g/mol. The van der Waals surface area contributed by atoms with Gasteiger partial charge in [0.2, 0.25) is 0 Å². The predicted molar refractivity (Wildman–Crippen MR) is 69.3 cm³/mol. The standard InChI is InChI=1S/C12H18FN3O2/c1-12(2,15(3)4)8-14-10-6-5-9(13)7-11(10)16(17)18/h5-7,14H,8H2,1-4H3. The monoisotopic (exact) mass is 255 g/mol. The normalized spacial score (nSPS) is 11.7. The molecule has 0 unspecified atom stereocenters. The molecule has 1 aromatic carbocycles. The smallest absolute Gasteiger partial charge is 0.295 e. The van der Waals surface area contributed by atoms with E-state index in [2.05, 4.69) is 5.32 Å². The third-order valence-electron chi connectivity index (χ3n) is 3.08. The van der Waals surface area contributed by atoms with Crippen LogP contribution in [-0.4, -0.2) is 36.0 Å². The van der Waals surface area contributed by atoms with E-state index in [0.29, 0.717) is 12.2 Å². The largest absolute Gasteiger partial charge is 0.378 e. The van der Waals surface area contributed by atoms with Gasteiger partial charge in [-0.05, 0) is 40.1 Å². The van der Waals surface area contributed by atoms with Crippen LogP contribution in [0.5, 0.6) is 0 Å². The van der Waals surface area contributed by atoms with Gasteiger partial charge in [-0.25, -0.2) is 4.39 Å². The summed E-state index contributed by atoms with van der Waals surface area (Å²) in [6.45, 7) is 4.54. The number of nitrogens with zero attached hydrogens (tertiary/aromatic N) is 2. The van der Waals surface area contributed by atoms with Crippen molar-refractivity contribution < 1.29 is 9.31 Å². The van der Waals surface area contributed by atoms with E-state index in [-0.39, 0.29) is 11.2 Å². The number of nitro groups is 1. The maximum absolute atomic E-state index is 13.0. The maximum Gasteiger partial charge on any atom is 0.295 e. The van der Waals surface area contributed by atoms with Crippen molar-refractivity contribution in [3.8, 4) is 0 Å². The van der Waals surface area contributed by atoms with Crippen LogP contribution in [0.4, 0.5) is 15.8 Å². The summed E-state index contributed by atoms with van der Waals surface area (Å²) in [5.41, 5.74) is -0.0803. The van der Waals surface area contributed by atoms with Crippen LogP contribution in [0.25, 0.3) is 0 Å². The number of nitrogens with one attached hydrogen (secondary N) is 1. The Morgan fingerprint density at radius 3 is 2.56 bits per heavy atom. The highest BCUT2D eigenvalue weighted by Crippen LogP contribution is 2.25. The van der Waals surface area contributed by atoms with Crippen molar-refractivity contribution in [2.45, 2.75) is 19.4 Å². The molecule has 0 aliphatic carbocycles. The van der Waals surface area contributed by atoms with Gasteiger partial charge >= 0.3 is 0 Å². The minimum Gasteiger partial charge on any atom is -0.378 e. The molecule has 5 nitrogen and oxygen atoms in total. The molecule has 0 spiro atoms. The Hall–Kier alpha value is -1.69. The Balaban J connectivity index is 2.89. The molecule has 0 heterocycles. The molecule has 6 heteroatoms. The van der Waals surface area contributed by atoms with Crippen molar-refractivity contribution in [1.82, 2.24) is 4.90 Å². The van der Waals surface area contributed by atoms with E-state index in [1.165, 1.54) is 12.1 Å². The number of hydrogen-bond donors (Lipinski definition) is 1. The highest BCUT2D eigenvalue weighted by molar-refractivity contribution is 5.61. The van der Waals surface area contributed by atoms with Crippen LogP contribution in [-0.2, 0) is 0 Å². The van der Waals surface area contributed by atoms with Crippen molar-refractivity contribution >= 4 is 11.4 Å². The fourth-order valence-electron chi connectivity index (χ4n) is 1.27. The third kappa shape index (κ3) is 3.40. The van der Waals surface area contributed by atoms with E-state index in [1.54, 1.807) is 0 Å². The third-order valence-corrected chi connectivity index (χ3v) is 3.08. The molecule has 0 aliphatic heterocycles. The van der Waals surface area contributed by atoms with Gasteiger partial charge in [-0.3, -0.25) is 10.1 Å². The Morgan fingerprint density at radius 1 is 1.44 bits per heavy atom. The maximum atomic E-state index is 13.0. The molecule has 1 aromatic rings. The summed E-state index contributed by atoms with van der Waals surface area (Å²) >= 11 is 0. The predicted octanol–water partition coefficient (Wildman–Crippen LogP) is 2.49. The van der Waals surface area contributed by atoms with E-state index < -0.39 is 10.7 Å². The van der Waals surface area contributed by atoms with Crippen LogP contribution < -0.4 is 5.32 Å². The number of rotatable bonds is 5. The molecule has 100 valence electrons. The zero-order valence-corrected chi connectivity index (χ0v) is 11.0. The Bertz CT molecular complexity index is 447. The fourth-order valence-corrected chi connectivity index (χ4v) is 1.27. The SMILES string of the molecule is CN(C)C(C)(C)CNc1ccc(F)cc1[N+](=O)[O-]. The van der Waals surface area contributed by atoms with Crippen molar-refractivity contribution in [3.63, 3.8) is 0 Å². The fraction of sp³-hybridized carbons (Fsp3) is 0.500. The molecule has 0 saturated carbocycles. The molecule has 0 amide bonds. The number of nitro benzene ring substituents is 1.